The monoisotopic (exact) mass is 444 g/mol. The molecule has 0 bridgehead atoms. The number of hydrogen-bond acceptors (Lipinski definition) is 7. The van der Waals surface area contributed by atoms with Crippen LogP contribution in [-0.2, 0) is 11.2 Å². The molecule has 0 fully saturated rings. The van der Waals surface area contributed by atoms with Gasteiger partial charge >= 0.3 is 0 Å². The van der Waals surface area contributed by atoms with Crippen molar-refractivity contribution in [2.75, 3.05) is 0 Å². The van der Waals surface area contributed by atoms with Crippen molar-refractivity contribution in [3.8, 4) is 11.5 Å². The summed E-state index contributed by atoms with van der Waals surface area (Å²) in [6, 6.07) is 18.9. The van der Waals surface area contributed by atoms with E-state index in [-0.39, 0.29) is 29.5 Å². The van der Waals surface area contributed by atoms with E-state index in [4.69, 9.17) is 0 Å². The topological polar surface area (TPSA) is 137 Å². The zero-order valence-electron chi connectivity index (χ0n) is 17.3. The number of phenolic OH excluding ortho intramolecular Hbond substituents is 2. The number of benzene rings is 3. The van der Waals surface area contributed by atoms with E-state index in [0.29, 0.717) is 22.8 Å². The lowest BCUT2D eigenvalue weighted by Crippen LogP contribution is -2.36. The number of nitrogens with one attached hydrogen (secondary N) is 3. The van der Waals surface area contributed by atoms with Crippen molar-refractivity contribution in [3.63, 3.8) is 0 Å². The van der Waals surface area contributed by atoms with Gasteiger partial charge in [0.2, 0.25) is 5.91 Å². The first-order chi connectivity index (χ1) is 15.9. The van der Waals surface area contributed by atoms with Gasteiger partial charge in [-0.25, -0.2) is 0 Å². The molecular weight excluding hydrogens is 424 g/mol. The Kier molecular flexibility index (Phi) is 5.94. The lowest BCUT2D eigenvalue weighted by molar-refractivity contribution is -0.384. The number of hydrogen-bond donors (Lipinski definition) is 5. The summed E-state index contributed by atoms with van der Waals surface area (Å²) in [4.78, 5) is 23.2. The summed E-state index contributed by atoms with van der Waals surface area (Å²) in [7, 11) is 0. The van der Waals surface area contributed by atoms with Gasteiger partial charge in [-0.3, -0.25) is 14.9 Å². The lowest BCUT2D eigenvalue weighted by atomic mass is 10.1. The van der Waals surface area contributed by atoms with E-state index in [9.17, 15) is 25.1 Å². The zero-order valence-corrected chi connectivity index (χ0v) is 17.3. The fourth-order valence-corrected chi connectivity index (χ4v) is 3.29. The zero-order chi connectivity index (χ0) is 23.4. The number of rotatable bonds is 6. The van der Waals surface area contributed by atoms with Crippen molar-refractivity contribution < 1.29 is 19.9 Å². The number of nitro groups is 1. The number of carbonyl (C=O) groups is 1. The van der Waals surface area contributed by atoms with Crippen LogP contribution in [-0.4, -0.2) is 21.0 Å². The quantitative estimate of drug-likeness (QED) is 0.291. The molecule has 9 heteroatoms. The smallest absolute Gasteiger partial charge is 0.269 e. The molecule has 4 rings (SSSR count). The lowest BCUT2D eigenvalue weighted by Gasteiger charge is -2.25. The summed E-state index contributed by atoms with van der Waals surface area (Å²) in [6.45, 7) is 0. The Morgan fingerprint density at radius 1 is 0.879 bits per heavy atom. The molecule has 3 aromatic carbocycles. The summed E-state index contributed by atoms with van der Waals surface area (Å²) in [5, 5.41) is 39.2. The maximum atomic E-state index is 12.7. The van der Waals surface area contributed by atoms with Crippen molar-refractivity contribution >= 4 is 23.0 Å². The number of nitro benzene ring substituents is 1. The molecule has 0 unspecified atom stereocenters. The minimum absolute atomic E-state index is 0.0460. The predicted octanol–water partition coefficient (Wildman–Crippen LogP) is 3.18. The molecule has 1 heterocycles. The molecule has 1 aliphatic rings. The van der Waals surface area contributed by atoms with E-state index in [1.54, 1.807) is 54.7 Å². The van der Waals surface area contributed by atoms with Gasteiger partial charge in [0, 0.05) is 23.9 Å². The molecule has 0 radical (unpaired) electrons. The highest BCUT2D eigenvalue weighted by atomic mass is 16.6. The van der Waals surface area contributed by atoms with Crippen molar-refractivity contribution in [1.29, 1.82) is 0 Å². The largest absolute Gasteiger partial charge is 0.508 e. The summed E-state index contributed by atoms with van der Waals surface area (Å²) >= 11 is 0. The van der Waals surface area contributed by atoms with Gasteiger partial charge in [0.25, 0.3) is 5.69 Å². The van der Waals surface area contributed by atoms with Gasteiger partial charge in [-0.05, 0) is 59.7 Å². The van der Waals surface area contributed by atoms with E-state index in [0.717, 1.165) is 11.1 Å². The van der Waals surface area contributed by atoms with E-state index in [1.807, 2.05) is 0 Å². The molecule has 0 spiro atoms. The molecule has 166 valence electrons. The summed E-state index contributed by atoms with van der Waals surface area (Å²) in [5.74, 6) is 0.352. The Morgan fingerprint density at radius 2 is 1.45 bits per heavy atom. The van der Waals surface area contributed by atoms with Gasteiger partial charge in [0.1, 0.15) is 17.3 Å². The van der Waals surface area contributed by atoms with E-state index in [2.05, 4.69) is 16.0 Å². The first-order valence-corrected chi connectivity index (χ1v) is 9.99. The number of amides is 1. The second-order valence-corrected chi connectivity index (χ2v) is 7.32. The van der Waals surface area contributed by atoms with Crippen LogP contribution in [0.4, 0.5) is 5.69 Å². The fourth-order valence-electron chi connectivity index (χ4n) is 3.29. The molecule has 0 saturated carbocycles. The van der Waals surface area contributed by atoms with Gasteiger partial charge in [-0.1, -0.05) is 12.1 Å². The van der Waals surface area contributed by atoms with Crippen LogP contribution in [0.5, 0.6) is 11.5 Å². The second kappa shape index (κ2) is 9.15. The first-order valence-electron chi connectivity index (χ1n) is 9.99. The van der Waals surface area contributed by atoms with Crippen LogP contribution in [0.25, 0.3) is 11.4 Å². The molecule has 1 aliphatic heterocycles. The molecule has 0 aromatic heterocycles. The van der Waals surface area contributed by atoms with Crippen LogP contribution >= 0.6 is 0 Å². The normalized spacial score (nSPS) is 12.9. The summed E-state index contributed by atoms with van der Waals surface area (Å²) in [6.07, 6.45) is 1.77. The average molecular weight is 444 g/mol. The van der Waals surface area contributed by atoms with Gasteiger partial charge in [0.15, 0.2) is 0 Å². The highest BCUT2D eigenvalue weighted by molar-refractivity contribution is 5.86. The molecule has 9 nitrogen and oxygen atoms in total. The SMILES string of the molecule is O=C(Cc1ccc(O)cc1)NC1=C(c2ccc([N+](=O)[O-])cc2)NC(c2ccc(O)cc2)=CN1. The molecule has 3 aromatic rings. The van der Waals surface area contributed by atoms with E-state index in [1.165, 1.54) is 24.3 Å². The molecule has 0 atom stereocenters. The van der Waals surface area contributed by atoms with Crippen LogP contribution in [0.15, 0.2) is 84.8 Å². The molecule has 0 saturated heterocycles. The summed E-state index contributed by atoms with van der Waals surface area (Å²) in [5.41, 5.74) is 3.29. The minimum Gasteiger partial charge on any atom is -0.508 e. The average Bonchev–Trinajstić information content (AvgIpc) is 2.81. The van der Waals surface area contributed by atoms with Crippen molar-refractivity contribution in [3.05, 3.63) is 112 Å². The van der Waals surface area contributed by atoms with Crippen LogP contribution < -0.4 is 16.0 Å². The Balaban J connectivity index is 1.61. The fraction of sp³-hybridized carbons (Fsp3) is 0.0417. The number of nitrogens with zero attached hydrogens (tertiary/aromatic N) is 1. The Bertz CT molecular complexity index is 1250. The third-order valence-corrected chi connectivity index (χ3v) is 4.98. The molecule has 5 N–H and O–H groups in total. The third kappa shape index (κ3) is 5.10. The number of phenols is 2. The highest BCUT2D eigenvalue weighted by Crippen LogP contribution is 2.25. The van der Waals surface area contributed by atoms with Gasteiger partial charge < -0.3 is 26.2 Å². The maximum absolute atomic E-state index is 12.7. The molecular formula is C24H20N4O5. The summed E-state index contributed by atoms with van der Waals surface area (Å²) < 4.78 is 0. The van der Waals surface area contributed by atoms with E-state index < -0.39 is 4.92 Å². The van der Waals surface area contributed by atoms with Crippen molar-refractivity contribution in [1.82, 2.24) is 16.0 Å². The minimum atomic E-state index is -0.479. The first kappa shape index (κ1) is 21.4. The molecule has 1 amide bonds. The third-order valence-electron chi connectivity index (χ3n) is 4.98. The molecule has 0 aliphatic carbocycles. The van der Waals surface area contributed by atoms with Crippen LogP contribution in [0.3, 0.4) is 0 Å². The Labute approximate surface area is 188 Å². The Hall–Kier alpha value is -4.79. The second-order valence-electron chi connectivity index (χ2n) is 7.32. The maximum Gasteiger partial charge on any atom is 0.269 e. The van der Waals surface area contributed by atoms with Crippen LogP contribution in [0.2, 0.25) is 0 Å². The van der Waals surface area contributed by atoms with Gasteiger partial charge in [-0.15, -0.1) is 0 Å². The Morgan fingerprint density at radius 3 is 2.06 bits per heavy atom. The van der Waals surface area contributed by atoms with Gasteiger partial charge in [-0.2, -0.15) is 0 Å². The predicted molar refractivity (Wildman–Crippen MR) is 122 cm³/mol. The van der Waals surface area contributed by atoms with Crippen molar-refractivity contribution in [2.45, 2.75) is 6.42 Å². The standard InChI is InChI=1S/C24H20N4O5/c29-19-9-1-15(2-10-19)13-22(31)27-24-23(17-3-7-18(8-4-17)28(32)33)26-21(14-25-24)16-5-11-20(30)12-6-16/h1-12,14,25-26,29-30H,13H2,(H,27,31). The number of carbonyl (C=O) groups excluding carboxylic acids is 1. The van der Waals surface area contributed by atoms with E-state index >= 15 is 0 Å². The highest BCUT2D eigenvalue weighted by Gasteiger charge is 2.19. The van der Waals surface area contributed by atoms with Crippen LogP contribution in [0.1, 0.15) is 16.7 Å². The van der Waals surface area contributed by atoms with Gasteiger partial charge in [0.05, 0.1) is 22.7 Å². The number of aromatic hydroxyl groups is 2. The van der Waals surface area contributed by atoms with Crippen molar-refractivity contribution in [2.24, 2.45) is 0 Å². The molecule has 33 heavy (non-hydrogen) atoms. The number of non-ortho nitro benzene ring substituents is 1. The van der Waals surface area contributed by atoms with Crippen LogP contribution in [0, 0.1) is 10.1 Å².